The number of rotatable bonds is 2. The molecule has 0 amide bonds. The van der Waals surface area contributed by atoms with Crippen LogP contribution in [0.4, 0.5) is 0 Å². The number of hydrogen-bond donors (Lipinski definition) is 1. The SMILES string of the molecule is CN1CCN(S(=O)(=O)c2ccc(C#CCO)cc2)CC1. The Balaban J connectivity index is 2.17. The molecular formula is C14H18N2O3S. The predicted molar refractivity (Wildman–Crippen MR) is 76.7 cm³/mol. The van der Waals surface area contributed by atoms with E-state index in [9.17, 15) is 8.42 Å². The van der Waals surface area contributed by atoms with Gasteiger partial charge in [-0.05, 0) is 31.3 Å². The summed E-state index contributed by atoms with van der Waals surface area (Å²) in [5, 5.41) is 8.62. The van der Waals surface area contributed by atoms with E-state index in [2.05, 4.69) is 16.7 Å². The van der Waals surface area contributed by atoms with Gasteiger partial charge in [-0.2, -0.15) is 4.31 Å². The lowest BCUT2D eigenvalue weighted by Crippen LogP contribution is -2.46. The number of benzene rings is 1. The third-order valence-corrected chi connectivity index (χ3v) is 5.18. The van der Waals surface area contributed by atoms with Gasteiger partial charge < -0.3 is 10.0 Å². The van der Waals surface area contributed by atoms with E-state index >= 15 is 0 Å². The lowest BCUT2D eigenvalue weighted by atomic mass is 10.2. The van der Waals surface area contributed by atoms with Crippen molar-refractivity contribution in [2.24, 2.45) is 0 Å². The highest BCUT2D eigenvalue weighted by Crippen LogP contribution is 2.17. The Hall–Kier alpha value is -1.39. The first-order chi connectivity index (χ1) is 9.54. The van der Waals surface area contributed by atoms with Gasteiger partial charge in [0.1, 0.15) is 6.61 Å². The Morgan fingerprint density at radius 2 is 1.75 bits per heavy atom. The molecule has 0 atom stereocenters. The zero-order valence-corrected chi connectivity index (χ0v) is 12.2. The summed E-state index contributed by atoms with van der Waals surface area (Å²) in [5.41, 5.74) is 0.691. The molecule has 6 heteroatoms. The van der Waals surface area contributed by atoms with Gasteiger partial charge in [0.2, 0.25) is 10.0 Å². The predicted octanol–water partition coefficient (Wildman–Crippen LogP) is -0.0335. The summed E-state index contributed by atoms with van der Waals surface area (Å²) in [6.07, 6.45) is 0. The van der Waals surface area contributed by atoms with Crippen molar-refractivity contribution < 1.29 is 13.5 Å². The third kappa shape index (κ3) is 3.38. The molecule has 1 aromatic rings. The van der Waals surface area contributed by atoms with Gasteiger partial charge in [-0.15, -0.1) is 0 Å². The Morgan fingerprint density at radius 3 is 2.30 bits per heavy atom. The topological polar surface area (TPSA) is 60.9 Å². The number of nitrogens with zero attached hydrogens (tertiary/aromatic N) is 2. The summed E-state index contributed by atoms with van der Waals surface area (Å²) in [6, 6.07) is 6.45. The summed E-state index contributed by atoms with van der Waals surface area (Å²) in [5.74, 6) is 5.27. The molecule has 0 radical (unpaired) electrons. The van der Waals surface area contributed by atoms with Crippen molar-refractivity contribution in [3.8, 4) is 11.8 Å². The second-order valence-electron chi connectivity index (χ2n) is 4.69. The minimum absolute atomic E-state index is 0.207. The van der Waals surface area contributed by atoms with Crippen LogP contribution in [0.1, 0.15) is 5.56 Å². The summed E-state index contributed by atoms with van der Waals surface area (Å²) >= 11 is 0. The molecule has 1 saturated heterocycles. The normalized spacial score (nSPS) is 17.5. The molecule has 108 valence electrons. The second kappa shape index (κ2) is 6.37. The van der Waals surface area contributed by atoms with Crippen LogP contribution in [0.2, 0.25) is 0 Å². The van der Waals surface area contributed by atoms with E-state index in [0.717, 1.165) is 13.1 Å². The van der Waals surface area contributed by atoms with Crippen LogP contribution in [0.3, 0.4) is 0 Å². The number of aliphatic hydroxyl groups is 1. The van der Waals surface area contributed by atoms with Gasteiger partial charge in [-0.3, -0.25) is 0 Å². The van der Waals surface area contributed by atoms with Crippen LogP contribution < -0.4 is 0 Å². The maximum absolute atomic E-state index is 12.5. The monoisotopic (exact) mass is 294 g/mol. The van der Waals surface area contributed by atoms with Gasteiger partial charge in [0, 0.05) is 31.7 Å². The minimum Gasteiger partial charge on any atom is -0.384 e. The molecule has 1 aliphatic rings. The first-order valence-electron chi connectivity index (χ1n) is 6.42. The molecule has 0 saturated carbocycles. The van der Waals surface area contributed by atoms with E-state index in [1.54, 1.807) is 24.3 Å². The fraction of sp³-hybridized carbons (Fsp3) is 0.429. The molecule has 1 N–H and O–H groups in total. The molecule has 1 aromatic carbocycles. The van der Waals surface area contributed by atoms with Crippen LogP contribution in [0, 0.1) is 11.8 Å². The molecule has 1 aliphatic heterocycles. The highest BCUT2D eigenvalue weighted by Gasteiger charge is 2.27. The van der Waals surface area contributed by atoms with Crippen LogP contribution in [0.25, 0.3) is 0 Å². The van der Waals surface area contributed by atoms with Crippen LogP contribution in [0.15, 0.2) is 29.2 Å². The van der Waals surface area contributed by atoms with Crippen molar-refractivity contribution >= 4 is 10.0 Å². The van der Waals surface area contributed by atoms with Crippen molar-refractivity contribution in [2.45, 2.75) is 4.90 Å². The third-order valence-electron chi connectivity index (χ3n) is 3.27. The van der Waals surface area contributed by atoms with Gasteiger partial charge >= 0.3 is 0 Å². The van der Waals surface area contributed by atoms with Gasteiger partial charge in [0.15, 0.2) is 0 Å². The molecule has 0 unspecified atom stereocenters. The number of likely N-dealkylation sites (N-methyl/N-ethyl adjacent to an activating group) is 1. The number of aliphatic hydroxyl groups excluding tert-OH is 1. The fourth-order valence-corrected chi connectivity index (χ4v) is 3.45. The summed E-state index contributed by atoms with van der Waals surface area (Å²) in [7, 11) is -1.43. The lowest BCUT2D eigenvalue weighted by Gasteiger charge is -2.31. The van der Waals surface area contributed by atoms with E-state index in [-0.39, 0.29) is 11.5 Å². The van der Waals surface area contributed by atoms with Crippen molar-refractivity contribution in [2.75, 3.05) is 39.8 Å². The van der Waals surface area contributed by atoms with Gasteiger partial charge in [-0.25, -0.2) is 8.42 Å². The van der Waals surface area contributed by atoms with E-state index in [1.807, 2.05) is 7.05 Å². The molecular weight excluding hydrogens is 276 g/mol. The molecule has 0 aliphatic carbocycles. The molecule has 0 spiro atoms. The largest absolute Gasteiger partial charge is 0.384 e. The highest BCUT2D eigenvalue weighted by molar-refractivity contribution is 7.89. The zero-order chi connectivity index (χ0) is 14.6. The maximum Gasteiger partial charge on any atom is 0.243 e. The van der Waals surface area contributed by atoms with Crippen LogP contribution in [0.5, 0.6) is 0 Å². The average Bonchev–Trinajstić information content (AvgIpc) is 2.46. The Morgan fingerprint density at radius 1 is 1.15 bits per heavy atom. The Bertz CT molecular complexity index is 606. The number of hydrogen-bond acceptors (Lipinski definition) is 4. The zero-order valence-electron chi connectivity index (χ0n) is 11.4. The van der Waals surface area contributed by atoms with E-state index < -0.39 is 10.0 Å². The van der Waals surface area contributed by atoms with E-state index in [4.69, 9.17) is 5.11 Å². The van der Waals surface area contributed by atoms with Crippen molar-refractivity contribution in [1.29, 1.82) is 0 Å². The summed E-state index contributed by atoms with van der Waals surface area (Å²) in [4.78, 5) is 2.40. The second-order valence-corrected chi connectivity index (χ2v) is 6.63. The van der Waals surface area contributed by atoms with Crippen molar-refractivity contribution in [3.05, 3.63) is 29.8 Å². The Kier molecular flexibility index (Phi) is 4.78. The van der Waals surface area contributed by atoms with Gasteiger partial charge in [-0.1, -0.05) is 11.8 Å². The summed E-state index contributed by atoms with van der Waals surface area (Å²) < 4.78 is 26.4. The molecule has 5 nitrogen and oxygen atoms in total. The van der Waals surface area contributed by atoms with Crippen LogP contribution in [-0.2, 0) is 10.0 Å². The minimum atomic E-state index is -3.41. The smallest absolute Gasteiger partial charge is 0.243 e. The first-order valence-corrected chi connectivity index (χ1v) is 7.86. The van der Waals surface area contributed by atoms with Crippen molar-refractivity contribution in [1.82, 2.24) is 9.21 Å². The molecule has 0 aromatic heterocycles. The van der Waals surface area contributed by atoms with Crippen molar-refractivity contribution in [3.63, 3.8) is 0 Å². The quantitative estimate of drug-likeness (QED) is 0.778. The van der Waals surface area contributed by atoms with Crippen LogP contribution >= 0.6 is 0 Å². The van der Waals surface area contributed by atoms with E-state index in [0.29, 0.717) is 18.7 Å². The molecule has 1 heterocycles. The lowest BCUT2D eigenvalue weighted by molar-refractivity contribution is 0.222. The molecule has 2 rings (SSSR count). The van der Waals surface area contributed by atoms with Crippen LogP contribution in [-0.4, -0.2) is 62.6 Å². The molecule has 20 heavy (non-hydrogen) atoms. The van der Waals surface area contributed by atoms with E-state index in [1.165, 1.54) is 4.31 Å². The highest BCUT2D eigenvalue weighted by atomic mass is 32.2. The van der Waals surface area contributed by atoms with Gasteiger partial charge in [0.05, 0.1) is 4.90 Å². The average molecular weight is 294 g/mol. The summed E-state index contributed by atoms with van der Waals surface area (Å²) in [6.45, 7) is 2.33. The standard InChI is InChI=1S/C14H18N2O3S/c1-15-8-10-16(11-9-15)20(18,19)14-6-4-13(5-7-14)3-2-12-17/h4-7,17H,8-12H2,1H3. The molecule has 1 fully saturated rings. The number of sulfonamides is 1. The van der Waals surface area contributed by atoms with Gasteiger partial charge in [0.25, 0.3) is 0 Å². The Labute approximate surface area is 119 Å². The molecule has 0 bridgehead atoms. The first kappa shape index (κ1) is 15.0. The number of piperazine rings is 1. The maximum atomic E-state index is 12.5. The fourth-order valence-electron chi connectivity index (χ4n) is 2.03.